The summed E-state index contributed by atoms with van der Waals surface area (Å²) in [6.07, 6.45) is 4.41. The van der Waals surface area contributed by atoms with Crippen LogP contribution in [0.15, 0.2) is 48.7 Å². The molecular formula is C20H27Cl2N3O. The molecule has 0 radical (unpaired) electrons. The number of rotatable bonds is 5. The van der Waals surface area contributed by atoms with Crippen molar-refractivity contribution < 1.29 is 4.79 Å². The predicted octanol–water partition coefficient (Wildman–Crippen LogP) is 3.89. The number of halogens is 2. The number of nitrogens with zero attached hydrogens (tertiary/aromatic N) is 2. The Bertz CT molecular complexity index is 696. The summed E-state index contributed by atoms with van der Waals surface area (Å²) >= 11 is 0. The highest BCUT2D eigenvalue weighted by atomic mass is 35.5. The van der Waals surface area contributed by atoms with Crippen molar-refractivity contribution in [3.05, 3.63) is 65.5 Å². The van der Waals surface area contributed by atoms with E-state index in [4.69, 9.17) is 5.73 Å². The molecule has 26 heavy (non-hydrogen) atoms. The van der Waals surface area contributed by atoms with Gasteiger partial charge in [0.1, 0.15) is 0 Å². The molecule has 2 unspecified atom stereocenters. The SMILES string of the molecule is Cc1cccc(CN(Cc2ccccn2)C(=O)C2CCC(N)C2)c1.Cl.Cl. The number of amides is 1. The van der Waals surface area contributed by atoms with Crippen LogP contribution in [0.2, 0.25) is 0 Å². The van der Waals surface area contributed by atoms with Crippen molar-refractivity contribution in [3.63, 3.8) is 0 Å². The van der Waals surface area contributed by atoms with Crippen LogP contribution in [0.5, 0.6) is 0 Å². The van der Waals surface area contributed by atoms with E-state index >= 15 is 0 Å². The Balaban J connectivity index is 0.00000169. The van der Waals surface area contributed by atoms with Gasteiger partial charge in [-0.1, -0.05) is 35.9 Å². The van der Waals surface area contributed by atoms with Crippen LogP contribution in [-0.2, 0) is 17.9 Å². The standard InChI is InChI=1S/C20H25N3O.2ClH/c1-15-5-4-6-16(11-15)13-23(14-19-7-2-3-10-22-19)20(24)17-8-9-18(21)12-17;;/h2-7,10-11,17-18H,8-9,12-14,21H2,1H3;2*1H. The van der Waals surface area contributed by atoms with Crippen LogP contribution in [0.3, 0.4) is 0 Å². The number of carbonyl (C=O) groups is 1. The molecule has 1 aromatic carbocycles. The van der Waals surface area contributed by atoms with Gasteiger partial charge in [-0.25, -0.2) is 0 Å². The van der Waals surface area contributed by atoms with Crippen LogP contribution in [-0.4, -0.2) is 21.8 Å². The van der Waals surface area contributed by atoms with Crippen LogP contribution >= 0.6 is 24.8 Å². The van der Waals surface area contributed by atoms with Gasteiger partial charge in [0.15, 0.2) is 0 Å². The van der Waals surface area contributed by atoms with Gasteiger partial charge in [0, 0.05) is 24.7 Å². The summed E-state index contributed by atoms with van der Waals surface area (Å²) < 4.78 is 0. The van der Waals surface area contributed by atoms with Gasteiger partial charge in [-0.3, -0.25) is 9.78 Å². The lowest BCUT2D eigenvalue weighted by Gasteiger charge is -2.26. The maximum Gasteiger partial charge on any atom is 0.226 e. The molecular weight excluding hydrogens is 369 g/mol. The highest BCUT2D eigenvalue weighted by Gasteiger charge is 2.31. The monoisotopic (exact) mass is 395 g/mol. The molecule has 0 spiro atoms. The molecule has 1 heterocycles. The second-order valence-corrected chi connectivity index (χ2v) is 6.77. The first-order valence-electron chi connectivity index (χ1n) is 8.61. The molecule has 3 rings (SSSR count). The molecule has 1 aliphatic carbocycles. The van der Waals surface area contributed by atoms with E-state index in [0.717, 1.165) is 30.5 Å². The molecule has 1 saturated carbocycles. The molecule has 4 nitrogen and oxygen atoms in total. The zero-order valence-corrected chi connectivity index (χ0v) is 16.6. The quantitative estimate of drug-likeness (QED) is 0.834. The first-order chi connectivity index (χ1) is 11.6. The minimum absolute atomic E-state index is 0. The molecule has 0 bridgehead atoms. The van der Waals surface area contributed by atoms with Crippen LogP contribution in [0.4, 0.5) is 0 Å². The Morgan fingerprint density at radius 2 is 1.96 bits per heavy atom. The lowest BCUT2D eigenvalue weighted by molar-refractivity contribution is -0.136. The fourth-order valence-electron chi connectivity index (χ4n) is 3.43. The van der Waals surface area contributed by atoms with Crippen molar-refractivity contribution >= 4 is 30.7 Å². The van der Waals surface area contributed by atoms with Gasteiger partial charge >= 0.3 is 0 Å². The van der Waals surface area contributed by atoms with E-state index in [1.165, 1.54) is 5.56 Å². The summed E-state index contributed by atoms with van der Waals surface area (Å²) in [6.45, 7) is 3.23. The Kier molecular flexibility index (Phi) is 9.06. The molecule has 1 amide bonds. The summed E-state index contributed by atoms with van der Waals surface area (Å²) in [5.41, 5.74) is 9.29. The smallest absolute Gasteiger partial charge is 0.226 e. The van der Waals surface area contributed by atoms with Gasteiger partial charge in [0.05, 0.1) is 12.2 Å². The summed E-state index contributed by atoms with van der Waals surface area (Å²) in [6, 6.07) is 14.3. The Morgan fingerprint density at radius 3 is 2.58 bits per heavy atom. The van der Waals surface area contributed by atoms with Crippen molar-refractivity contribution in [1.29, 1.82) is 0 Å². The molecule has 0 saturated heterocycles. The molecule has 2 N–H and O–H groups in total. The summed E-state index contributed by atoms with van der Waals surface area (Å²) in [7, 11) is 0. The molecule has 1 aliphatic rings. The third-order valence-electron chi connectivity index (χ3n) is 4.67. The van der Waals surface area contributed by atoms with Crippen molar-refractivity contribution in [3.8, 4) is 0 Å². The lowest BCUT2D eigenvalue weighted by Crippen LogP contribution is -2.35. The van der Waals surface area contributed by atoms with Crippen LogP contribution in [0, 0.1) is 12.8 Å². The second kappa shape index (κ2) is 10.5. The molecule has 6 heteroatoms. The maximum atomic E-state index is 13.0. The molecule has 1 aromatic heterocycles. The van der Waals surface area contributed by atoms with Crippen LogP contribution in [0.1, 0.15) is 36.1 Å². The van der Waals surface area contributed by atoms with E-state index < -0.39 is 0 Å². The van der Waals surface area contributed by atoms with Gasteiger partial charge in [-0.05, 0) is 43.9 Å². The van der Waals surface area contributed by atoms with E-state index in [0.29, 0.717) is 13.1 Å². The molecule has 2 aromatic rings. The highest BCUT2D eigenvalue weighted by Crippen LogP contribution is 2.27. The largest absolute Gasteiger partial charge is 0.332 e. The second-order valence-electron chi connectivity index (χ2n) is 6.77. The van der Waals surface area contributed by atoms with Crippen molar-refractivity contribution in [2.45, 2.75) is 45.3 Å². The normalized spacial score (nSPS) is 18.5. The van der Waals surface area contributed by atoms with Crippen LogP contribution < -0.4 is 5.73 Å². The number of carbonyl (C=O) groups excluding carboxylic acids is 1. The van der Waals surface area contributed by atoms with Gasteiger partial charge < -0.3 is 10.6 Å². The topological polar surface area (TPSA) is 59.2 Å². The van der Waals surface area contributed by atoms with E-state index in [1.54, 1.807) is 6.20 Å². The zero-order chi connectivity index (χ0) is 16.9. The van der Waals surface area contributed by atoms with Gasteiger partial charge in [-0.2, -0.15) is 0 Å². The van der Waals surface area contributed by atoms with Gasteiger partial charge in [0.25, 0.3) is 0 Å². The number of pyridine rings is 1. The number of aryl methyl sites for hydroxylation is 1. The van der Waals surface area contributed by atoms with Gasteiger partial charge in [-0.15, -0.1) is 24.8 Å². The van der Waals surface area contributed by atoms with E-state index in [1.807, 2.05) is 29.2 Å². The first-order valence-corrected chi connectivity index (χ1v) is 8.61. The molecule has 0 aliphatic heterocycles. The average molecular weight is 396 g/mol. The number of aromatic nitrogens is 1. The zero-order valence-electron chi connectivity index (χ0n) is 15.0. The number of hydrogen-bond acceptors (Lipinski definition) is 3. The van der Waals surface area contributed by atoms with Crippen LogP contribution in [0.25, 0.3) is 0 Å². The molecule has 2 atom stereocenters. The van der Waals surface area contributed by atoms with E-state index in [-0.39, 0.29) is 42.7 Å². The minimum Gasteiger partial charge on any atom is -0.332 e. The van der Waals surface area contributed by atoms with Gasteiger partial charge in [0.2, 0.25) is 5.91 Å². The number of hydrogen-bond donors (Lipinski definition) is 1. The van der Waals surface area contributed by atoms with Crippen molar-refractivity contribution in [1.82, 2.24) is 9.88 Å². The molecule has 142 valence electrons. The Morgan fingerprint density at radius 1 is 1.15 bits per heavy atom. The summed E-state index contributed by atoms with van der Waals surface area (Å²) in [5, 5.41) is 0. The highest BCUT2D eigenvalue weighted by molar-refractivity contribution is 5.85. The lowest BCUT2D eigenvalue weighted by atomic mass is 10.0. The fourth-order valence-corrected chi connectivity index (χ4v) is 3.43. The Labute approximate surface area is 168 Å². The average Bonchev–Trinajstić information content (AvgIpc) is 3.01. The fraction of sp³-hybridized carbons (Fsp3) is 0.400. The van der Waals surface area contributed by atoms with E-state index in [9.17, 15) is 4.79 Å². The van der Waals surface area contributed by atoms with Crippen molar-refractivity contribution in [2.24, 2.45) is 11.7 Å². The minimum atomic E-state index is 0. The third-order valence-corrected chi connectivity index (χ3v) is 4.67. The summed E-state index contributed by atoms with van der Waals surface area (Å²) in [5.74, 6) is 0.253. The summed E-state index contributed by atoms with van der Waals surface area (Å²) in [4.78, 5) is 19.3. The van der Waals surface area contributed by atoms with Crippen molar-refractivity contribution in [2.75, 3.05) is 0 Å². The predicted molar refractivity (Wildman–Crippen MR) is 109 cm³/mol. The van der Waals surface area contributed by atoms with E-state index in [2.05, 4.69) is 30.1 Å². The first kappa shape index (κ1) is 22.4. The maximum absolute atomic E-state index is 13.0. The number of nitrogens with two attached hydrogens (primary N) is 1. The third kappa shape index (κ3) is 5.97. The Hall–Kier alpha value is -1.62. The number of benzene rings is 1. The molecule has 1 fully saturated rings.